The van der Waals surface area contributed by atoms with Crippen LogP contribution in [0.2, 0.25) is 0 Å². The maximum atomic E-state index is 11.1. The average molecular weight is 239 g/mol. The number of anilines is 1. The van der Waals surface area contributed by atoms with E-state index in [9.17, 15) is 4.79 Å². The largest absolute Gasteiger partial charge is 0.351 e. The van der Waals surface area contributed by atoms with Crippen LogP contribution in [0.25, 0.3) is 0 Å². The van der Waals surface area contributed by atoms with Gasteiger partial charge in [-0.2, -0.15) is 0 Å². The molecule has 4 nitrogen and oxygen atoms in total. The summed E-state index contributed by atoms with van der Waals surface area (Å²) in [4.78, 5) is 18.9. The van der Waals surface area contributed by atoms with Crippen molar-refractivity contribution in [2.75, 3.05) is 18.0 Å². The molecule has 88 valence electrons. The second kappa shape index (κ2) is 5.30. The van der Waals surface area contributed by atoms with Gasteiger partial charge < -0.3 is 10.2 Å². The molecule has 0 bridgehead atoms. The van der Waals surface area contributed by atoms with Crippen molar-refractivity contribution in [3.63, 3.8) is 0 Å². The van der Waals surface area contributed by atoms with E-state index in [4.69, 9.17) is 0 Å². The topological polar surface area (TPSA) is 45.2 Å². The van der Waals surface area contributed by atoms with Gasteiger partial charge in [0.25, 0.3) is 0 Å². The van der Waals surface area contributed by atoms with Gasteiger partial charge in [-0.25, -0.2) is 4.98 Å². The Hall–Kier alpha value is -1.10. The summed E-state index contributed by atoms with van der Waals surface area (Å²) in [6.45, 7) is 4.71. The van der Waals surface area contributed by atoms with E-state index in [0.717, 1.165) is 23.1 Å². The third-order valence-corrected chi connectivity index (χ3v) is 3.76. The number of carbonyl (C=O) groups is 1. The predicted octanol–water partition coefficient (Wildman–Crippen LogP) is 1.77. The van der Waals surface area contributed by atoms with Crippen molar-refractivity contribution in [1.29, 1.82) is 0 Å². The summed E-state index contributed by atoms with van der Waals surface area (Å²) in [5.74, 6) is 0.0936. The Labute approximate surface area is 99.7 Å². The molecule has 1 aliphatic rings. The van der Waals surface area contributed by atoms with Gasteiger partial charge >= 0.3 is 0 Å². The lowest BCUT2D eigenvalue weighted by atomic mass is 10.4. The minimum Gasteiger partial charge on any atom is -0.351 e. The monoisotopic (exact) mass is 239 g/mol. The number of hydrogen-bond donors (Lipinski definition) is 1. The number of carbonyl (C=O) groups excluding carboxylic acids is 1. The molecule has 1 fully saturated rings. The molecule has 1 saturated heterocycles. The molecular formula is C11H17N3OS. The molecule has 2 rings (SSSR count). The summed E-state index contributed by atoms with van der Waals surface area (Å²) in [6, 6.07) is 0. The number of thiazole rings is 1. The fourth-order valence-electron chi connectivity index (χ4n) is 1.74. The first kappa shape index (κ1) is 11.4. The van der Waals surface area contributed by atoms with Crippen LogP contribution < -0.4 is 10.2 Å². The van der Waals surface area contributed by atoms with Crippen LogP contribution in [0.15, 0.2) is 6.20 Å². The van der Waals surface area contributed by atoms with Crippen LogP contribution in [-0.4, -0.2) is 24.0 Å². The molecule has 1 aromatic rings. The van der Waals surface area contributed by atoms with Crippen molar-refractivity contribution >= 4 is 22.4 Å². The highest BCUT2D eigenvalue weighted by Gasteiger charge is 2.15. The molecule has 1 aliphatic heterocycles. The summed E-state index contributed by atoms with van der Waals surface area (Å²) in [6.07, 6.45) is 4.94. The second-order valence-corrected chi connectivity index (χ2v) is 5.03. The zero-order valence-corrected chi connectivity index (χ0v) is 10.3. The highest BCUT2D eigenvalue weighted by molar-refractivity contribution is 7.15. The Kier molecular flexibility index (Phi) is 3.77. The van der Waals surface area contributed by atoms with Crippen LogP contribution in [-0.2, 0) is 11.3 Å². The lowest BCUT2D eigenvalue weighted by Crippen LogP contribution is -2.20. The summed E-state index contributed by atoms with van der Waals surface area (Å²) in [5, 5.41) is 3.96. The predicted molar refractivity (Wildman–Crippen MR) is 65.7 cm³/mol. The smallest absolute Gasteiger partial charge is 0.220 e. The van der Waals surface area contributed by atoms with Crippen LogP contribution in [0.5, 0.6) is 0 Å². The lowest BCUT2D eigenvalue weighted by Gasteiger charge is -2.12. The van der Waals surface area contributed by atoms with E-state index in [-0.39, 0.29) is 5.91 Å². The molecule has 5 heteroatoms. The van der Waals surface area contributed by atoms with Crippen molar-refractivity contribution in [2.24, 2.45) is 0 Å². The zero-order chi connectivity index (χ0) is 11.4. The number of amides is 1. The van der Waals surface area contributed by atoms with Gasteiger partial charge in [0.15, 0.2) is 5.13 Å². The molecule has 0 aromatic carbocycles. The molecule has 0 spiro atoms. The summed E-state index contributed by atoms with van der Waals surface area (Å²) >= 11 is 1.68. The Morgan fingerprint density at radius 3 is 3.00 bits per heavy atom. The summed E-state index contributed by atoms with van der Waals surface area (Å²) in [7, 11) is 0. The normalized spacial score (nSPS) is 15.4. The first-order chi connectivity index (χ1) is 7.79. The zero-order valence-electron chi connectivity index (χ0n) is 9.53. The first-order valence-electron chi connectivity index (χ1n) is 5.76. The molecule has 0 saturated carbocycles. The van der Waals surface area contributed by atoms with Gasteiger partial charge in [-0.05, 0) is 12.8 Å². The third kappa shape index (κ3) is 2.72. The molecule has 1 amide bonds. The minimum absolute atomic E-state index is 0.0936. The minimum atomic E-state index is 0.0936. The Morgan fingerprint density at radius 2 is 2.31 bits per heavy atom. The van der Waals surface area contributed by atoms with Gasteiger partial charge in [-0.15, -0.1) is 11.3 Å². The molecule has 16 heavy (non-hydrogen) atoms. The van der Waals surface area contributed by atoms with Crippen molar-refractivity contribution < 1.29 is 4.79 Å². The van der Waals surface area contributed by atoms with Gasteiger partial charge in [0.1, 0.15) is 0 Å². The molecule has 0 unspecified atom stereocenters. The number of nitrogens with one attached hydrogen (secondary N) is 1. The first-order valence-corrected chi connectivity index (χ1v) is 6.57. The van der Waals surface area contributed by atoms with E-state index in [1.54, 1.807) is 11.3 Å². The number of aromatic nitrogens is 1. The van der Waals surface area contributed by atoms with Crippen LogP contribution in [0.4, 0.5) is 5.13 Å². The van der Waals surface area contributed by atoms with E-state index in [1.165, 1.54) is 12.8 Å². The highest BCUT2D eigenvalue weighted by atomic mass is 32.1. The Morgan fingerprint density at radius 1 is 1.56 bits per heavy atom. The highest BCUT2D eigenvalue weighted by Crippen LogP contribution is 2.25. The standard InChI is InChI=1S/C11H17N3OS/c1-2-10(15)12-7-9-8-13-11(16-9)14-5-3-4-6-14/h8H,2-7H2,1H3,(H,12,15). The van der Waals surface area contributed by atoms with Crippen molar-refractivity contribution in [3.8, 4) is 0 Å². The van der Waals surface area contributed by atoms with Crippen LogP contribution in [0.1, 0.15) is 31.1 Å². The van der Waals surface area contributed by atoms with Gasteiger partial charge in [0, 0.05) is 30.6 Å². The Bertz CT molecular complexity index is 358. The van der Waals surface area contributed by atoms with E-state index in [0.29, 0.717) is 13.0 Å². The van der Waals surface area contributed by atoms with Crippen LogP contribution in [0.3, 0.4) is 0 Å². The summed E-state index contributed by atoms with van der Waals surface area (Å²) < 4.78 is 0. The number of nitrogens with zero attached hydrogens (tertiary/aromatic N) is 2. The lowest BCUT2D eigenvalue weighted by molar-refractivity contribution is -0.120. The van der Waals surface area contributed by atoms with E-state index >= 15 is 0 Å². The number of hydrogen-bond acceptors (Lipinski definition) is 4. The van der Waals surface area contributed by atoms with Gasteiger partial charge in [0.05, 0.1) is 6.54 Å². The van der Waals surface area contributed by atoms with Crippen molar-refractivity contribution in [3.05, 3.63) is 11.1 Å². The van der Waals surface area contributed by atoms with Crippen LogP contribution in [0, 0.1) is 0 Å². The van der Waals surface area contributed by atoms with Gasteiger partial charge in [0.2, 0.25) is 5.91 Å². The molecule has 1 aromatic heterocycles. The van der Waals surface area contributed by atoms with Crippen LogP contribution >= 0.6 is 11.3 Å². The molecule has 1 N–H and O–H groups in total. The average Bonchev–Trinajstić information content (AvgIpc) is 2.95. The Balaban J connectivity index is 1.89. The van der Waals surface area contributed by atoms with Gasteiger partial charge in [-0.1, -0.05) is 6.92 Å². The fraction of sp³-hybridized carbons (Fsp3) is 0.636. The molecule has 0 atom stereocenters. The van der Waals surface area contributed by atoms with E-state index < -0.39 is 0 Å². The van der Waals surface area contributed by atoms with Crippen molar-refractivity contribution in [2.45, 2.75) is 32.7 Å². The van der Waals surface area contributed by atoms with E-state index in [2.05, 4.69) is 15.2 Å². The second-order valence-electron chi connectivity index (χ2n) is 3.93. The molecule has 2 heterocycles. The van der Waals surface area contributed by atoms with Gasteiger partial charge in [-0.3, -0.25) is 4.79 Å². The maximum absolute atomic E-state index is 11.1. The fourth-order valence-corrected chi connectivity index (χ4v) is 2.65. The maximum Gasteiger partial charge on any atom is 0.220 e. The molecule has 0 aliphatic carbocycles. The molecular weight excluding hydrogens is 222 g/mol. The van der Waals surface area contributed by atoms with E-state index in [1.807, 2.05) is 13.1 Å². The SMILES string of the molecule is CCC(=O)NCc1cnc(N2CCCC2)s1. The summed E-state index contributed by atoms with van der Waals surface area (Å²) in [5.41, 5.74) is 0. The van der Waals surface area contributed by atoms with Crippen molar-refractivity contribution in [1.82, 2.24) is 10.3 Å². The molecule has 0 radical (unpaired) electrons. The third-order valence-electron chi connectivity index (χ3n) is 2.70. The number of rotatable bonds is 4. The quantitative estimate of drug-likeness (QED) is 0.871.